The molecule has 2 rings (SSSR count). The summed E-state index contributed by atoms with van der Waals surface area (Å²) >= 11 is 0. The van der Waals surface area contributed by atoms with Crippen LogP contribution in [-0.4, -0.2) is 29.6 Å². The van der Waals surface area contributed by atoms with Crippen molar-refractivity contribution in [2.24, 2.45) is 4.99 Å². The molecular weight excluding hydrogens is 290 g/mol. The zero-order chi connectivity index (χ0) is 16.7. The van der Waals surface area contributed by atoms with Gasteiger partial charge in [-0.2, -0.15) is 0 Å². The Morgan fingerprint density at radius 3 is 2.61 bits per heavy atom. The number of fused-ring (bicyclic) bond motifs is 1. The lowest BCUT2D eigenvalue weighted by Gasteiger charge is -2.19. The van der Waals surface area contributed by atoms with E-state index in [0.29, 0.717) is 13.0 Å². The van der Waals surface area contributed by atoms with Crippen LogP contribution in [0, 0.1) is 0 Å². The normalized spacial score (nSPS) is 24.6. The topological polar surface area (TPSA) is 62.0 Å². The first-order valence-electron chi connectivity index (χ1n) is 8.05. The molecule has 0 amide bonds. The molecule has 1 heterocycles. The van der Waals surface area contributed by atoms with Crippen molar-refractivity contribution in [1.82, 2.24) is 0 Å². The van der Waals surface area contributed by atoms with Crippen LogP contribution in [0.3, 0.4) is 0 Å². The van der Waals surface area contributed by atoms with E-state index in [2.05, 4.69) is 23.2 Å². The molecule has 1 atom stereocenters. The molecule has 0 saturated carbocycles. The Hall–Kier alpha value is -2.07. The minimum Gasteiger partial charge on any atom is -0.508 e. The molecule has 0 saturated heterocycles. The fraction of sp³-hybridized carbons (Fsp3) is 0.421. The Morgan fingerprint density at radius 1 is 1.09 bits per heavy atom. The minimum absolute atomic E-state index is 0.0527. The molecule has 0 bridgehead atoms. The average Bonchev–Trinajstić information content (AvgIpc) is 2.50. The van der Waals surface area contributed by atoms with Crippen molar-refractivity contribution >= 4 is 5.71 Å². The number of rotatable bonds is 0. The lowest BCUT2D eigenvalue weighted by Crippen LogP contribution is -2.09. The van der Waals surface area contributed by atoms with Gasteiger partial charge in [0.1, 0.15) is 11.5 Å². The Balaban J connectivity index is 2.39. The standard InChI is InChI=1S/C19H25NO3/c1-14-19-15(12-17(21)13-18(19)22)11-16(20-2)9-7-5-3-4-6-8-10-23-14/h4,6-7,9,12-14,21-22H,3,5,8,10-11H2,1-2H3/b6-4+,9-7+,20-16?. The Kier molecular flexibility index (Phi) is 6.41. The maximum Gasteiger partial charge on any atom is 0.125 e. The summed E-state index contributed by atoms with van der Waals surface area (Å²) in [4.78, 5) is 4.31. The molecule has 0 aliphatic carbocycles. The van der Waals surface area contributed by atoms with E-state index in [1.807, 2.05) is 13.0 Å². The van der Waals surface area contributed by atoms with Gasteiger partial charge in [-0.25, -0.2) is 0 Å². The van der Waals surface area contributed by atoms with E-state index >= 15 is 0 Å². The van der Waals surface area contributed by atoms with E-state index in [0.717, 1.165) is 36.1 Å². The monoisotopic (exact) mass is 315 g/mol. The second-order valence-corrected chi connectivity index (χ2v) is 5.68. The summed E-state index contributed by atoms with van der Waals surface area (Å²) in [6.07, 6.45) is 11.5. The number of ether oxygens (including phenoxy) is 1. The molecule has 124 valence electrons. The van der Waals surface area contributed by atoms with Gasteiger partial charge in [-0.05, 0) is 43.9 Å². The van der Waals surface area contributed by atoms with Gasteiger partial charge in [0.15, 0.2) is 0 Å². The van der Waals surface area contributed by atoms with E-state index < -0.39 is 0 Å². The van der Waals surface area contributed by atoms with Gasteiger partial charge in [-0.15, -0.1) is 0 Å². The van der Waals surface area contributed by atoms with Crippen LogP contribution in [0.1, 0.15) is 43.4 Å². The maximum absolute atomic E-state index is 10.3. The van der Waals surface area contributed by atoms with Crippen LogP contribution in [-0.2, 0) is 11.2 Å². The number of aliphatic imine (C=N–C) groups is 1. The van der Waals surface area contributed by atoms with Gasteiger partial charge in [0.2, 0.25) is 0 Å². The van der Waals surface area contributed by atoms with Crippen molar-refractivity contribution in [3.8, 4) is 11.5 Å². The van der Waals surface area contributed by atoms with Crippen molar-refractivity contribution in [3.63, 3.8) is 0 Å². The second-order valence-electron chi connectivity index (χ2n) is 5.68. The largest absolute Gasteiger partial charge is 0.508 e. The van der Waals surface area contributed by atoms with Gasteiger partial charge in [0.25, 0.3) is 0 Å². The molecule has 0 fully saturated rings. The van der Waals surface area contributed by atoms with Gasteiger partial charge >= 0.3 is 0 Å². The highest BCUT2D eigenvalue weighted by molar-refractivity contribution is 5.96. The molecule has 0 radical (unpaired) electrons. The van der Waals surface area contributed by atoms with Crippen molar-refractivity contribution < 1.29 is 14.9 Å². The van der Waals surface area contributed by atoms with Gasteiger partial charge in [-0.3, -0.25) is 4.99 Å². The van der Waals surface area contributed by atoms with E-state index in [9.17, 15) is 10.2 Å². The van der Waals surface area contributed by atoms with Crippen molar-refractivity contribution in [1.29, 1.82) is 0 Å². The fourth-order valence-electron chi connectivity index (χ4n) is 2.75. The van der Waals surface area contributed by atoms with E-state index in [4.69, 9.17) is 4.74 Å². The fourth-order valence-corrected chi connectivity index (χ4v) is 2.75. The van der Waals surface area contributed by atoms with Crippen LogP contribution in [0.4, 0.5) is 0 Å². The molecular formula is C19H25NO3. The summed E-state index contributed by atoms with van der Waals surface area (Å²) in [6.45, 7) is 2.52. The number of allylic oxidation sites excluding steroid dienone is 3. The van der Waals surface area contributed by atoms with Gasteiger partial charge in [-0.1, -0.05) is 18.2 Å². The third kappa shape index (κ3) is 4.96. The molecule has 1 aliphatic rings. The minimum atomic E-state index is -0.246. The molecule has 1 aromatic carbocycles. The number of phenols is 2. The van der Waals surface area contributed by atoms with Gasteiger partial charge in [0, 0.05) is 30.8 Å². The number of hydrogen-bond donors (Lipinski definition) is 2. The van der Waals surface area contributed by atoms with Crippen molar-refractivity contribution in [2.45, 2.75) is 38.7 Å². The highest BCUT2D eigenvalue weighted by Crippen LogP contribution is 2.34. The molecule has 23 heavy (non-hydrogen) atoms. The third-order valence-electron chi connectivity index (χ3n) is 3.92. The van der Waals surface area contributed by atoms with E-state index in [1.54, 1.807) is 13.1 Å². The lowest BCUT2D eigenvalue weighted by atomic mass is 9.96. The second kappa shape index (κ2) is 8.53. The van der Waals surface area contributed by atoms with E-state index in [1.165, 1.54) is 6.07 Å². The molecule has 4 heteroatoms. The van der Waals surface area contributed by atoms with Crippen LogP contribution >= 0.6 is 0 Å². The predicted molar refractivity (Wildman–Crippen MR) is 93.3 cm³/mol. The first-order chi connectivity index (χ1) is 11.1. The smallest absolute Gasteiger partial charge is 0.125 e. The zero-order valence-corrected chi connectivity index (χ0v) is 13.8. The Morgan fingerprint density at radius 2 is 1.83 bits per heavy atom. The molecule has 2 N–H and O–H groups in total. The highest BCUT2D eigenvalue weighted by Gasteiger charge is 2.18. The van der Waals surface area contributed by atoms with Gasteiger partial charge in [0.05, 0.1) is 12.7 Å². The molecule has 0 spiro atoms. The summed E-state index contributed by atoms with van der Waals surface area (Å²) < 4.78 is 5.85. The summed E-state index contributed by atoms with van der Waals surface area (Å²) in [5.41, 5.74) is 2.47. The van der Waals surface area contributed by atoms with Crippen LogP contribution in [0.2, 0.25) is 0 Å². The van der Waals surface area contributed by atoms with Crippen molar-refractivity contribution in [2.75, 3.05) is 13.7 Å². The summed E-state index contributed by atoms with van der Waals surface area (Å²) in [5, 5.41) is 20.1. The number of aromatic hydroxyl groups is 2. The predicted octanol–water partition coefficient (Wildman–Crippen LogP) is 4.09. The van der Waals surface area contributed by atoms with Crippen LogP contribution < -0.4 is 0 Å². The van der Waals surface area contributed by atoms with Gasteiger partial charge < -0.3 is 14.9 Å². The third-order valence-corrected chi connectivity index (χ3v) is 3.92. The van der Waals surface area contributed by atoms with E-state index in [-0.39, 0.29) is 17.6 Å². The Bertz CT molecular complexity index is 617. The average molecular weight is 315 g/mol. The molecule has 1 aliphatic heterocycles. The summed E-state index contributed by atoms with van der Waals surface area (Å²) in [5.74, 6) is 0.117. The number of benzene rings is 1. The maximum atomic E-state index is 10.3. The SMILES string of the molecule is CN=C1/C=C/CC/C=C/CCOC(C)c2c(O)cc(O)cc2C1. The summed E-state index contributed by atoms with van der Waals surface area (Å²) in [6, 6.07) is 3.04. The first-order valence-corrected chi connectivity index (χ1v) is 8.05. The quantitative estimate of drug-likeness (QED) is 0.709. The first kappa shape index (κ1) is 17.3. The number of phenolic OH excluding ortho intramolecular Hbond substituents is 2. The summed E-state index contributed by atoms with van der Waals surface area (Å²) in [7, 11) is 1.75. The van der Waals surface area contributed by atoms with Crippen LogP contribution in [0.15, 0.2) is 41.4 Å². The molecule has 1 unspecified atom stereocenters. The van der Waals surface area contributed by atoms with Crippen molar-refractivity contribution in [3.05, 3.63) is 47.6 Å². The number of nitrogens with zero attached hydrogens (tertiary/aromatic N) is 1. The van der Waals surface area contributed by atoms with Crippen LogP contribution in [0.25, 0.3) is 0 Å². The zero-order valence-electron chi connectivity index (χ0n) is 13.8. The molecule has 0 aromatic heterocycles. The molecule has 4 nitrogen and oxygen atoms in total. The lowest BCUT2D eigenvalue weighted by molar-refractivity contribution is 0.0670. The number of hydrogen-bond acceptors (Lipinski definition) is 4. The Labute approximate surface area is 137 Å². The molecule has 1 aromatic rings. The highest BCUT2D eigenvalue weighted by atomic mass is 16.5. The van der Waals surface area contributed by atoms with Crippen LogP contribution in [0.5, 0.6) is 11.5 Å².